The van der Waals surface area contributed by atoms with Gasteiger partial charge in [-0.3, -0.25) is 4.79 Å². The van der Waals surface area contributed by atoms with Crippen molar-refractivity contribution in [1.29, 1.82) is 0 Å². The molecule has 0 saturated heterocycles. The molecule has 1 rings (SSSR count). The molecular formula is C11H21NO2. The first kappa shape index (κ1) is 11.5. The first-order valence-electron chi connectivity index (χ1n) is 5.50. The van der Waals surface area contributed by atoms with Crippen molar-refractivity contribution >= 4 is 5.97 Å². The second-order valence-corrected chi connectivity index (χ2v) is 4.24. The number of ether oxygens (including phenoxy) is 1. The van der Waals surface area contributed by atoms with Gasteiger partial charge in [0.15, 0.2) is 0 Å². The Morgan fingerprint density at radius 3 is 2.57 bits per heavy atom. The predicted octanol–water partition coefficient (Wildman–Crippen LogP) is 1.72. The lowest BCUT2D eigenvalue weighted by Crippen LogP contribution is -2.35. The van der Waals surface area contributed by atoms with Crippen molar-refractivity contribution in [2.45, 2.75) is 39.0 Å². The minimum absolute atomic E-state index is 0.172. The zero-order valence-electron chi connectivity index (χ0n) is 9.27. The lowest BCUT2D eigenvalue weighted by Gasteiger charge is -2.27. The van der Waals surface area contributed by atoms with E-state index in [0.717, 1.165) is 6.54 Å². The molecule has 0 heterocycles. The number of carbonyl (C=O) groups is 1. The fourth-order valence-electron chi connectivity index (χ4n) is 2.28. The number of nitrogens with one attached hydrogen (secondary N) is 1. The molecule has 0 amide bonds. The highest BCUT2D eigenvalue weighted by atomic mass is 16.5. The monoisotopic (exact) mass is 199 g/mol. The van der Waals surface area contributed by atoms with Crippen LogP contribution in [0.5, 0.6) is 0 Å². The molecule has 0 radical (unpaired) electrons. The SMILES string of the molecule is CCC1(CNCC(=O)OC)CCCC1. The zero-order valence-corrected chi connectivity index (χ0v) is 9.27. The highest BCUT2D eigenvalue weighted by Crippen LogP contribution is 2.40. The molecule has 0 aromatic rings. The Kier molecular flexibility index (Phi) is 4.39. The van der Waals surface area contributed by atoms with Crippen LogP contribution in [-0.4, -0.2) is 26.2 Å². The fraction of sp³-hybridized carbons (Fsp3) is 0.909. The predicted molar refractivity (Wildman–Crippen MR) is 56.1 cm³/mol. The first-order chi connectivity index (χ1) is 6.72. The molecule has 0 unspecified atom stereocenters. The third-order valence-corrected chi connectivity index (χ3v) is 3.41. The third-order valence-electron chi connectivity index (χ3n) is 3.41. The van der Waals surface area contributed by atoms with Gasteiger partial charge in [0.05, 0.1) is 13.7 Å². The number of hydrogen-bond donors (Lipinski definition) is 1. The van der Waals surface area contributed by atoms with Gasteiger partial charge in [-0.15, -0.1) is 0 Å². The lowest BCUT2D eigenvalue weighted by molar-refractivity contribution is -0.139. The molecule has 0 aromatic heterocycles. The van der Waals surface area contributed by atoms with Crippen molar-refractivity contribution in [3.63, 3.8) is 0 Å². The summed E-state index contributed by atoms with van der Waals surface area (Å²) >= 11 is 0. The van der Waals surface area contributed by atoms with Gasteiger partial charge in [-0.05, 0) is 24.7 Å². The molecule has 0 aliphatic heterocycles. The van der Waals surface area contributed by atoms with E-state index in [1.165, 1.54) is 39.2 Å². The summed E-state index contributed by atoms with van der Waals surface area (Å²) in [6.07, 6.45) is 6.50. The Bertz CT molecular complexity index is 186. The van der Waals surface area contributed by atoms with Crippen molar-refractivity contribution in [1.82, 2.24) is 5.32 Å². The van der Waals surface area contributed by atoms with Crippen LogP contribution in [0.2, 0.25) is 0 Å². The Hall–Kier alpha value is -0.570. The summed E-state index contributed by atoms with van der Waals surface area (Å²) in [5.74, 6) is -0.172. The topological polar surface area (TPSA) is 38.3 Å². The average Bonchev–Trinajstić information content (AvgIpc) is 2.67. The number of methoxy groups -OCH3 is 1. The molecule has 1 aliphatic carbocycles. The van der Waals surface area contributed by atoms with Crippen LogP contribution in [0.15, 0.2) is 0 Å². The summed E-state index contributed by atoms with van der Waals surface area (Å²) in [5.41, 5.74) is 0.452. The molecule has 0 spiro atoms. The van der Waals surface area contributed by atoms with Crippen LogP contribution in [0.3, 0.4) is 0 Å². The summed E-state index contributed by atoms with van der Waals surface area (Å²) < 4.78 is 4.58. The van der Waals surface area contributed by atoms with E-state index in [2.05, 4.69) is 17.0 Å². The van der Waals surface area contributed by atoms with Gasteiger partial charge in [-0.1, -0.05) is 19.8 Å². The van der Waals surface area contributed by atoms with Gasteiger partial charge in [0.2, 0.25) is 0 Å². The Morgan fingerprint density at radius 1 is 1.43 bits per heavy atom. The van der Waals surface area contributed by atoms with Crippen LogP contribution in [0.25, 0.3) is 0 Å². The minimum Gasteiger partial charge on any atom is -0.468 e. The van der Waals surface area contributed by atoms with E-state index in [0.29, 0.717) is 12.0 Å². The minimum atomic E-state index is -0.172. The molecule has 3 heteroatoms. The quantitative estimate of drug-likeness (QED) is 0.685. The molecule has 0 atom stereocenters. The van der Waals surface area contributed by atoms with Crippen molar-refractivity contribution in [3.05, 3.63) is 0 Å². The molecular weight excluding hydrogens is 178 g/mol. The molecule has 14 heavy (non-hydrogen) atoms. The van der Waals surface area contributed by atoms with Crippen LogP contribution in [-0.2, 0) is 9.53 Å². The second kappa shape index (κ2) is 5.35. The average molecular weight is 199 g/mol. The summed E-state index contributed by atoms with van der Waals surface area (Å²) in [6, 6.07) is 0. The van der Waals surface area contributed by atoms with Gasteiger partial charge in [0.1, 0.15) is 0 Å². The van der Waals surface area contributed by atoms with E-state index in [4.69, 9.17) is 0 Å². The Morgan fingerprint density at radius 2 is 2.07 bits per heavy atom. The maximum absolute atomic E-state index is 10.9. The molecule has 3 nitrogen and oxygen atoms in total. The first-order valence-corrected chi connectivity index (χ1v) is 5.50. The smallest absolute Gasteiger partial charge is 0.319 e. The van der Waals surface area contributed by atoms with Gasteiger partial charge in [0.25, 0.3) is 0 Å². The third kappa shape index (κ3) is 2.98. The fourth-order valence-corrected chi connectivity index (χ4v) is 2.28. The van der Waals surface area contributed by atoms with E-state index < -0.39 is 0 Å². The van der Waals surface area contributed by atoms with Crippen molar-refractivity contribution in [2.24, 2.45) is 5.41 Å². The lowest BCUT2D eigenvalue weighted by atomic mass is 9.83. The summed E-state index contributed by atoms with van der Waals surface area (Å²) in [6.45, 7) is 3.54. The van der Waals surface area contributed by atoms with Crippen molar-refractivity contribution in [2.75, 3.05) is 20.2 Å². The maximum atomic E-state index is 10.9. The summed E-state index contributed by atoms with van der Waals surface area (Å²) in [7, 11) is 1.43. The van der Waals surface area contributed by atoms with Crippen LogP contribution >= 0.6 is 0 Å². The Balaban J connectivity index is 2.24. The normalized spacial score (nSPS) is 19.6. The van der Waals surface area contributed by atoms with E-state index in [1.54, 1.807) is 0 Å². The van der Waals surface area contributed by atoms with Gasteiger partial charge < -0.3 is 10.1 Å². The molecule has 1 aliphatic rings. The molecule has 0 bridgehead atoms. The number of hydrogen-bond acceptors (Lipinski definition) is 3. The number of esters is 1. The molecule has 1 fully saturated rings. The Labute approximate surface area is 86.2 Å². The largest absolute Gasteiger partial charge is 0.468 e. The van der Waals surface area contributed by atoms with Crippen molar-refractivity contribution < 1.29 is 9.53 Å². The van der Waals surface area contributed by atoms with Gasteiger partial charge in [-0.2, -0.15) is 0 Å². The molecule has 0 aromatic carbocycles. The summed E-state index contributed by atoms with van der Waals surface area (Å²) in [5, 5.41) is 3.20. The molecule has 1 N–H and O–H groups in total. The molecule has 82 valence electrons. The van der Waals surface area contributed by atoms with Crippen LogP contribution < -0.4 is 5.32 Å². The maximum Gasteiger partial charge on any atom is 0.319 e. The van der Waals surface area contributed by atoms with E-state index in [-0.39, 0.29) is 5.97 Å². The van der Waals surface area contributed by atoms with Crippen molar-refractivity contribution in [3.8, 4) is 0 Å². The standard InChI is InChI=1S/C11H21NO2/c1-3-11(6-4-5-7-11)9-12-8-10(13)14-2/h12H,3-9H2,1-2H3. The van der Waals surface area contributed by atoms with Crippen LogP contribution in [0.4, 0.5) is 0 Å². The number of rotatable bonds is 5. The van der Waals surface area contributed by atoms with Gasteiger partial charge >= 0.3 is 5.97 Å². The van der Waals surface area contributed by atoms with E-state index in [1.807, 2.05) is 0 Å². The summed E-state index contributed by atoms with van der Waals surface area (Å²) in [4.78, 5) is 10.9. The van der Waals surface area contributed by atoms with Crippen LogP contribution in [0, 0.1) is 5.41 Å². The second-order valence-electron chi connectivity index (χ2n) is 4.24. The zero-order chi connectivity index (χ0) is 10.4. The van der Waals surface area contributed by atoms with E-state index in [9.17, 15) is 4.79 Å². The van der Waals surface area contributed by atoms with E-state index >= 15 is 0 Å². The van der Waals surface area contributed by atoms with Gasteiger partial charge in [-0.25, -0.2) is 0 Å². The number of carbonyl (C=O) groups excluding carboxylic acids is 1. The van der Waals surface area contributed by atoms with Gasteiger partial charge in [0, 0.05) is 6.54 Å². The molecule has 1 saturated carbocycles. The highest BCUT2D eigenvalue weighted by molar-refractivity contribution is 5.71. The van der Waals surface area contributed by atoms with Crippen LogP contribution in [0.1, 0.15) is 39.0 Å². The highest BCUT2D eigenvalue weighted by Gasteiger charge is 2.31.